The minimum atomic E-state index is -4.36. The Morgan fingerprint density at radius 2 is 2.00 bits per heavy atom. The third kappa shape index (κ3) is 3.57. The second-order valence-electron chi connectivity index (χ2n) is 3.57. The second-order valence-corrected chi connectivity index (χ2v) is 3.57. The average Bonchev–Trinajstić information content (AvgIpc) is 2.29. The Morgan fingerprint density at radius 1 is 1.35 bits per heavy atom. The largest absolute Gasteiger partial charge is 0.416 e. The van der Waals surface area contributed by atoms with Gasteiger partial charge in [-0.15, -0.1) is 6.58 Å². The highest BCUT2D eigenvalue weighted by atomic mass is 19.4. The molecule has 94 valence electrons. The minimum absolute atomic E-state index is 0.0981. The molecule has 0 bridgehead atoms. The van der Waals surface area contributed by atoms with E-state index in [-0.39, 0.29) is 12.1 Å². The highest BCUT2D eigenvalue weighted by molar-refractivity contribution is 5.32. The van der Waals surface area contributed by atoms with E-state index in [0.29, 0.717) is 6.54 Å². The molecule has 0 aliphatic rings. The topological polar surface area (TPSA) is 38.0 Å². The summed E-state index contributed by atoms with van der Waals surface area (Å²) in [6.45, 7) is 4.02. The molecule has 0 saturated carbocycles. The number of rotatable bonds is 5. The minimum Gasteiger partial charge on any atom is -0.329 e. The number of benzene rings is 1. The Hall–Kier alpha value is -1.33. The molecule has 1 aromatic carbocycles. The monoisotopic (exact) mass is 244 g/mol. The molecule has 5 heteroatoms. The zero-order valence-electron chi connectivity index (χ0n) is 9.30. The van der Waals surface area contributed by atoms with Crippen LogP contribution in [0.5, 0.6) is 0 Å². The van der Waals surface area contributed by atoms with Crippen molar-refractivity contribution >= 4 is 0 Å². The van der Waals surface area contributed by atoms with Gasteiger partial charge in [0.1, 0.15) is 0 Å². The first-order valence-electron chi connectivity index (χ1n) is 5.21. The van der Waals surface area contributed by atoms with E-state index in [2.05, 4.69) is 11.9 Å². The maximum atomic E-state index is 12.8. The average molecular weight is 244 g/mol. The zero-order valence-corrected chi connectivity index (χ0v) is 9.30. The number of hydrogen-bond acceptors (Lipinski definition) is 2. The number of nitrogens with two attached hydrogens (primary N) is 1. The van der Waals surface area contributed by atoms with Crippen molar-refractivity contribution in [2.45, 2.75) is 12.2 Å². The van der Waals surface area contributed by atoms with Gasteiger partial charge in [0.15, 0.2) is 0 Å². The van der Waals surface area contributed by atoms with Crippen molar-refractivity contribution in [1.82, 2.24) is 5.32 Å². The molecule has 1 atom stereocenters. The summed E-state index contributed by atoms with van der Waals surface area (Å²) in [6.07, 6.45) is -2.78. The molecular formula is C12H15F3N2. The van der Waals surface area contributed by atoms with Gasteiger partial charge in [-0.05, 0) is 11.6 Å². The van der Waals surface area contributed by atoms with E-state index in [9.17, 15) is 13.2 Å². The number of alkyl halides is 3. The van der Waals surface area contributed by atoms with Crippen LogP contribution in [0.2, 0.25) is 0 Å². The molecule has 2 nitrogen and oxygen atoms in total. The first-order valence-corrected chi connectivity index (χ1v) is 5.21. The van der Waals surface area contributed by atoms with Crippen molar-refractivity contribution in [3.8, 4) is 0 Å². The first-order chi connectivity index (χ1) is 8.00. The predicted molar refractivity (Wildman–Crippen MR) is 61.4 cm³/mol. The summed E-state index contributed by atoms with van der Waals surface area (Å²) in [4.78, 5) is 0. The van der Waals surface area contributed by atoms with Crippen LogP contribution in [0.25, 0.3) is 0 Å². The van der Waals surface area contributed by atoms with Crippen molar-refractivity contribution in [3.63, 3.8) is 0 Å². The molecule has 1 unspecified atom stereocenters. The van der Waals surface area contributed by atoms with Gasteiger partial charge in [-0.1, -0.05) is 24.3 Å². The van der Waals surface area contributed by atoms with Crippen molar-refractivity contribution in [2.24, 2.45) is 5.73 Å². The van der Waals surface area contributed by atoms with Crippen molar-refractivity contribution < 1.29 is 13.2 Å². The van der Waals surface area contributed by atoms with Gasteiger partial charge in [0.2, 0.25) is 0 Å². The Morgan fingerprint density at radius 3 is 2.53 bits per heavy atom. The molecule has 0 aromatic heterocycles. The SMILES string of the molecule is C=CCNC(CN)c1ccccc1C(F)(F)F. The summed E-state index contributed by atoms with van der Waals surface area (Å²) in [5.41, 5.74) is 5.02. The maximum absolute atomic E-state index is 12.8. The predicted octanol–water partition coefficient (Wildman–Crippen LogP) is 2.48. The lowest BCUT2D eigenvalue weighted by Gasteiger charge is -2.21. The van der Waals surface area contributed by atoms with Gasteiger partial charge in [0.05, 0.1) is 5.56 Å². The van der Waals surface area contributed by atoms with E-state index in [1.807, 2.05) is 0 Å². The molecule has 0 fully saturated rings. The number of nitrogens with one attached hydrogen (secondary N) is 1. The standard InChI is InChI=1S/C12H15F3N2/c1-2-7-17-11(8-16)9-5-3-4-6-10(9)12(13,14)15/h2-6,11,17H,1,7-8,16H2. The first kappa shape index (κ1) is 13.7. The van der Waals surface area contributed by atoms with Crippen LogP contribution >= 0.6 is 0 Å². The lowest BCUT2D eigenvalue weighted by atomic mass is 10.00. The van der Waals surface area contributed by atoms with Gasteiger partial charge < -0.3 is 11.1 Å². The second kappa shape index (κ2) is 5.84. The number of halogens is 3. The maximum Gasteiger partial charge on any atom is 0.416 e. The van der Waals surface area contributed by atoms with E-state index in [4.69, 9.17) is 5.73 Å². The Balaban J connectivity index is 3.06. The summed E-state index contributed by atoms with van der Waals surface area (Å²) in [6, 6.07) is 4.92. The molecule has 0 aliphatic carbocycles. The summed E-state index contributed by atoms with van der Waals surface area (Å²) in [5.74, 6) is 0. The Kier molecular flexibility index (Phi) is 4.72. The van der Waals surface area contributed by atoms with E-state index >= 15 is 0 Å². The molecule has 0 heterocycles. The molecule has 17 heavy (non-hydrogen) atoms. The molecule has 1 rings (SSSR count). The molecule has 1 aromatic rings. The van der Waals surface area contributed by atoms with Crippen LogP contribution in [0.4, 0.5) is 13.2 Å². The molecule has 0 aliphatic heterocycles. The van der Waals surface area contributed by atoms with Gasteiger partial charge in [-0.3, -0.25) is 0 Å². The summed E-state index contributed by atoms with van der Waals surface area (Å²) >= 11 is 0. The molecule has 0 radical (unpaired) electrons. The van der Waals surface area contributed by atoms with Gasteiger partial charge in [0, 0.05) is 19.1 Å². The Labute approximate surface area is 98.3 Å². The van der Waals surface area contributed by atoms with Crippen molar-refractivity contribution in [1.29, 1.82) is 0 Å². The quantitative estimate of drug-likeness (QED) is 0.781. The lowest BCUT2D eigenvalue weighted by molar-refractivity contribution is -0.138. The molecule has 0 amide bonds. The molecule has 0 saturated heterocycles. The van der Waals surface area contributed by atoms with E-state index in [0.717, 1.165) is 6.07 Å². The fourth-order valence-corrected chi connectivity index (χ4v) is 1.60. The molecule has 0 spiro atoms. The van der Waals surface area contributed by atoms with Crippen LogP contribution in [0, 0.1) is 0 Å². The van der Waals surface area contributed by atoms with Crippen molar-refractivity contribution in [3.05, 3.63) is 48.0 Å². The van der Waals surface area contributed by atoms with Gasteiger partial charge in [0.25, 0.3) is 0 Å². The molecule has 3 N–H and O–H groups in total. The van der Waals surface area contributed by atoms with Crippen LogP contribution < -0.4 is 11.1 Å². The number of hydrogen-bond donors (Lipinski definition) is 2. The highest BCUT2D eigenvalue weighted by Gasteiger charge is 2.34. The fourth-order valence-electron chi connectivity index (χ4n) is 1.60. The third-order valence-corrected chi connectivity index (χ3v) is 2.39. The van der Waals surface area contributed by atoms with Crippen molar-refractivity contribution in [2.75, 3.05) is 13.1 Å². The van der Waals surface area contributed by atoms with E-state index in [1.165, 1.54) is 12.1 Å². The van der Waals surface area contributed by atoms with Crippen LogP contribution in [-0.2, 0) is 6.18 Å². The van der Waals surface area contributed by atoms with Gasteiger partial charge in [-0.2, -0.15) is 13.2 Å². The smallest absolute Gasteiger partial charge is 0.329 e. The van der Waals surface area contributed by atoms with E-state index < -0.39 is 17.8 Å². The zero-order chi connectivity index (χ0) is 12.9. The van der Waals surface area contributed by atoms with Crippen LogP contribution in [0.1, 0.15) is 17.2 Å². The third-order valence-electron chi connectivity index (χ3n) is 2.39. The normalized spacial score (nSPS) is 13.4. The lowest BCUT2D eigenvalue weighted by Crippen LogP contribution is -2.30. The highest BCUT2D eigenvalue weighted by Crippen LogP contribution is 2.34. The van der Waals surface area contributed by atoms with Crippen LogP contribution in [0.3, 0.4) is 0 Å². The summed E-state index contributed by atoms with van der Waals surface area (Å²) in [7, 11) is 0. The molecular weight excluding hydrogens is 229 g/mol. The summed E-state index contributed by atoms with van der Waals surface area (Å²) in [5, 5.41) is 2.90. The summed E-state index contributed by atoms with van der Waals surface area (Å²) < 4.78 is 38.3. The van der Waals surface area contributed by atoms with Gasteiger partial charge >= 0.3 is 6.18 Å². The van der Waals surface area contributed by atoms with Crippen LogP contribution in [0.15, 0.2) is 36.9 Å². The fraction of sp³-hybridized carbons (Fsp3) is 0.333. The van der Waals surface area contributed by atoms with E-state index in [1.54, 1.807) is 12.1 Å². The Bertz CT molecular complexity index is 374. The van der Waals surface area contributed by atoms with Gasteiger partial charge in [-0.25, -0.2) is 0 Å². The van der Waals surface area contributed by atoms with Crippen LogP contribution in [-0.4, -0.2) is 13.1 Å².